The summed E-state index contributed by atoms with van der Waals surface area (Å²) in [5.41, 5.74) is 2.91. The minimum absolute atomic E-state index is 0.0279. The predicted molar refractivity (Wildman–Crippen MR) is 133 cm³/mol. The van der Waals surface area contributed by atoms with E-state index in [9.17, 15) is 18.0 Å². The Morgan fingerprint density at radius 2 is 1.62 bits per heavy atom. The van der Waals surface area contributed by atoms with Gasteiger partial charge in [-0.2, -0.15) is 4.31 Å². The summed E-state index contributed by atoms with van der Waals surface area (Å²) in [6.45, 7) is 4.66. The molecule has 0 aliphatic carbocycles. The monoisotopic (exact) mass is 485 g/mol. The molecule has 0 radical (unpaired) electrons. The standard InChI is InChI=1S/C26H35N3O4S/c1-5-20-6-8-22(9-7-20)25(28(3)4)18-27-26(31)23-14-16-29(17-15-23)34(32,33)24-12-10-21(11-13-24)19(2)30/h6-13,23,25H,5,14-18H2,1-4H3,(H,27,31). The van der Waals surface area contributed by atoms with Gasteiger partial charge in [0.25, 0.3) is 0 Å². The first-order valence-corrected chi connectivity index (χ1v) is 13.2. The second-order valence-electron chi connectivity index (χ2n) is 9.08. The lowest BCUT2D eigenvalue weighted by Gasteiger charge is -2.31. The van der Waals surface area contributed by atoms with Crippen LogP contribution in [0.3, 0.4) is 0 Å². The van der Waals surface area contributed by atoms with E-state index in [1.165, 1.54) is 41.1 Å². The van der Waals surface area contributed by atoms with E-state index in [1.807, 2.05) is 14.1 Å². The van der Waals surface area contributed by atoms with Crippen molar-refractivity contribution in [2.24, 2.45) is 5.92 Å². The Morgan fingerprint density at radius 1 is 1.03 bits per heavy atom. The second kappa shape index (κ2) is 11.3. The number of carbonyl (C=O) groups excluding carboxylic acids is 2. The maximum atomic E-state index is 13.0. The van der Waals surface area contributed by atoms with E-state index in [0.29, 0.717) is 38.0 Å². The van der Waals surface area contributed by atoms with Crippen LogP contribution in [0.4, 0.5) is 0 Å². The van der Waals surface area contributed by atoms with Gasteiger partial charge in [-0.15, -0.1) is 0 Å². The number of rotatable bonds is 9. The van der Waals surface area contributed by atoms with Crippen molar-refractivity contribution in [2.75, 3.05) is 33.7 Å². The molecule has 0 bridgehead atoms. The highest BCUT2D eigenvalue weighted by Gasteiger charge is 2.32. The quantitative estimate of drug-likeness (QED) is 0.551. The molecular weight excluding hydrogens is 450 g/mol. The Labute approximate surface area is 203 Å². The van der Waals surface area contributed by atoms with E-state index in [2.05, 4.69) is 41.4 Å². The third-order valence-electron chi connectivity index (χ3n) is 6.59. The zero-order valence-corrected chi connectivity index (χ0v) is 21.3. The fourth-order valence-electron chi connectivity index (χ4n) is 4.28. The summed E-state index contributed by atoms with van der Waals surface area (Å²) in [5, 5.41) is 3.08. The molecule has 1 amide bonds. The largest absolute Gasteiger partial charge is 0.354 e. The van der Waals surface area contributed by atoms with Crippen molar-refractivity contribution in [3.63, 3.8) is 0 Å². The van der Waals surface area contributed by atoms with Crippen molar-refractivity contribution in [3.05, 3.63) is 65.2 Å². The summed E-state index contributed by atoms with van der Waals surface area (Å²) in [7, 11) is 0.345. The van der Waals surface area contributed by atoms with Crippen LogP contribution < -0.4 is 5.32 Å². The Morgan fingerprint density at radius 3 is 2.12 bits per heavy atom. The first kappa shape index (κ1) is 26.1. The zero-order chi connectivity index (χ0) is 24.9. The van der Waals surface area contributed by atoms with Crippen molar-refractivity contribution in [3.8, 4) is 0 Å². The molecule has 7 nitrogen and oxygen atoms in total. The van der Waals surface area contributed by atoms with Crippen LogP contribution in [-0.4, -0.2) is 63.0 Å². The summed E-state index contributed by atoms with van der Waals surface area (Å²) in [6, 6.07) is 14.5. The zero-order valence-electron chi connectivity index (χ0n) is 20.5. The Balaban J connectivity index is 1.56. The average molecular weight is 486 g/mol. The SMILES string of the molecule is CCc1ccc(C(CNC(=O)C2CCN(S(=O)(=O)c3ccc(C(C)=O)cc3)CC2)N(C)C)cc1. The van der Waals surface area contributed by atoms with E-state index in [1.54, 1.807) is 0 Å². The van der Waals surface area contributed by atoms with Crippen LogP contribution in [-0.2, 0) is 21.2 Å². The maximum Gasteiger partial charge on any atom is 0.243 e. The number of hydrogen-bond donors (Lipinski definition) is 1. The highest BCUT2D eigenvalue weighted by atomic mass is 32.2. The van der Waals surface area contributed by atoms with E-state index < -0.39 is 10.0 Å². The number of carbonyl (C=O) groups is 2. The van der Waals surface area contributed by atoms with Gasteiger partial charge in [-0.05, 0) is 63.5 Å². The molecule has 1 unspecified atom stereocenters. The number of nitrogens with zero attached hydrogens (tertiary/aromatic N) is 2. The molecule has 1 N–H and O–H groups in total. The van der Waals surface area contributed by atoms with Gasteiger partial charge in [-0.1, -0.05) is 43.3 Å². The molecule has 2 aromatic carbocycles. The van der Waals surface area contributed by atoms with Crippen LogP contribution in [0, 0.1) is 5.92 Å². The minimum atomic E-state index is -3.65. The van der Waals surface area contributed by atoms with Crippen LogP contribution >= 0.6 is 0 Å². The van der Waals surface area contributed by atoms with Gasteiger partial charge in [0.2, 0.25) is 15.9 Å². The lowest BCUT2D eigenvalue weighted by Crippen LogP contribution is -2.44. The van der Waals surface area contributed by atoms with Gasteiger partial charge in [0, 0.05) is 31.1 Å². The van der Waals surface area contributed by atoms with Gasteiger partial charge in [-0.3, -0.25) is 9.59 Å². The van der Waals surface area contributed by atoms with Gasteiger partial charge < -0.3 is 10.2 Å². The highest BCUT2D eigenvalue weighted by Crippen LogP contribution is 2.25. The summed E-state index contributed by atoms with van der Waals surface area (Å²) in [5.74, 6) is -0.345. The average Bonchev–Trinajstić information content (AvgIpc) is 2.84. The molecule has 184 valence electrons. The number of amides is 1. The fraction of sp³-hybridized carbons (Fsp3) is 0.462. The van der Waals surface area contributed by atoms with Crippen LogP contribution in [0.25, 0.3) is 0 Å². The van der Waals surface area contributed by atoms with Crippen molar-refractivity contribution in [1.82, 2.24) is 14.5 Å². The van der Waals surface area contributed by atoms with Crippen molar-refractivity contribution >= 4 is 21.7 Å². The van der Waals surface area contributed by atoms with E-state index in [-0.39, 0.29) is 28.5 Å². The van der Waals surface area contributed by atoms with Crippen LogP contribution in [0.15, 0.2) is 53.4 Å². The number of piperidine rings is 1. The molecule has 2 aromatic rings. The lowest BCUT2D eigenvalue weighted by atomic mass is 9.96. The fourth-order valence-corrected chi connectivity index (χ4v) is 5.75. The number of nitrogens with one attached hydrogen (secondary N) is 1. The summed E-state index contributed by atoms with van der Waals surface area (Å²) < 4.78 is 27.4. The van der Waals surface area contributed by atoms with Crippen molar-refractivity contribution in [1.29, 1.82) is 0 Å². The molecule has 0 aromatic heterocycles. The van der Waals surface area contributed by atoms with E-state index >= 15 is 0 Å². The molecule has 1 aliphatic heterocycles. The number of hydrogen-bond acceptors (Lipinski definition) is 5. The van der Waals surface area contributed by atoms with Crippen LogP contribution in [0.5, 0.6) is 0 Å². The summed E-state index contributed by atoms with van der Waals surface area (Å²) in [6.07, 6.45) is 1.95. The molecule has 1 atom stereocenters. The molecule has 0 saturated carbocycles. The van der Waals surface area contributed by atoms with Crippen molar-refractivity contribution < 1.29 is 18.0 Å². The number of sulfonamides is 1. The third-order valence-corrected chi connectivity index (χ3v) is 8.50. The molecule has 1 heterocycles. The molecule has 1 aliphatic rings. The Kier molecular flexibility index (Phi) is 8.62. The van der Waals surface area contributed by atoms with Gasteiger partial charge >= 0.3 is 0 Å². The topological polar surface area (TPSA) is 86.8 Å². The highest BCUT2D eigenvalue weighted by molar-refractivity contribution is 7.89. The Bertz CT molecular complexity index is 1090. The number of Topliss-reactive ketones (excluding diaryl/α,β-unsaturated/α-hetero) is 1. The smallest absolute Gasteiger partial charge is 0.243 e. The lowest BCUT2D eigenvalue weighted by molar-refractivity contribution is -0.126. The minimum Gasteiger partial charge on any atom is -0.354 e. The van der Waals surface area contributed by atoms with Gasteiger partial charge in [0.05, 0.1) is 10.9 Å². The number of likely N-dealkylation sites (N-methyl/N-ethyl adjacent to an activating group) is 1. The van der Waals surface area contributed by atoms with Crippen LogP contribution in [0.1, 0.15) is 54.2 Å². The summed E-state index contributed by atoms with van der Waals surface area (Å²) in [4.78, 5) is 26.6. The molecular formula is C26H35N3O4S. The van der Waals surface area contributed by atoms with Gasteiger partial charge in [-0.25, -0.2) is 8.42 Å². The van der Waals surface area contributed by atoms with E-state index in [4.69, 9.17) is 0 Å². The van der Waals surface area contributed by atoms with Crippen molar-refractivity contribution in [2.45, 2.75) is 44.0 Å². The molecule has 0 spiro atoms. The third kappa shape index (κ3) is 6.11. The second-order valence-corrected chi connectivity index (χ2v) is 11.0. The first-order valence-electron chi connectivity index (χ1n) is 11.8. The molecule has 3 rings (SSSR count). The normalized spacial score (nSPS) is 16.4. The molecule has 1 fully saturated rings. The predicted octanol–water partition coefficient (Wildman–Crippen LogP) is 3.27. The molecule has 1 saturated heterocycles. The maximum absolute atomic E-state index is 13.0. The first-order chi connectivity index (χ1) is 16.1. The van der Waals surface area contributed by atoms with Crippen LogP contribution in [0.2, 0.25) is 0 Å². The number of aryl methyl sites for hydroxylation is 1. The number of ketones is 1. The molecule has 34 heavy (non-hydrogen) atoms. The van der Waals surface area contributed by atoms with Gasteiger partial charge in [0.1, 0.15) is 0 Å². The van der Waals surface area contributed by atoms with Gasteiger partial charge in [0.15, 0.2) is 5.78 Å². The summed E-state index contributed by atoms with van der Waals surface area (Å²) >= 11 is 0. The van der Waals surface area contributed by atoms with E-state index in [0.717, 1.165) is 12.0 Å². The number of benzene rings is 2. The Hall–Kier alpha value is -2.55. The molecule has 8 heteroatoms.